The van der Waals surface area contributed by atoms with Gasteiger partial charge in [0, 0.05) is 11.4 Å². The molecule has 0 bridgehead atoms. The largest absolute Gasteiger partial charge is 0.449 e. The van der Waals surface area contributed by atoms with Gasteiger partial charge in [0.05, 0.1) is 10.4 Å². The zero-order valence-electron chi connectivity index (χ0n) is 15.3. The van der Waals surface area contributed by atoms with Crippen LogP contribution in [0.25, 0.3) is 0 Å². The third kappa shape index (κ3) is 5.49. The minimum Gasteiger partial charge on any atom is -0.449 e. The second-order valence-corrected chi connectivity index (χ2v) is 7.01. The number of hydrogen-bond acceptors (Lipinski definition) is 5. The molecule has 1 aromatic heterocycles. The second kappa shape index (κ2) is 9.11. The number of nitrogens with one attached hydrogen (secondary N) is 2. The molecule has 6 nitrogen and oxygen atoms in total. The van der Waals surface area contributed by atoms with Crippen molar-refractivity contribution in [2.24, 2.45) is 0 Å². The topological polar surface area (TPSA) is 84.5 Å². The number of carbonyl (C=O) groups is 3. The molecule has 3 rings (SSSR count). The molecule has 0 spiro atoms. The van der Waals surface area contributed by atoms with Crippen molar-refractivity contribution in [1.29, 1.82) is 0 Å². The maximum Gasteiger partial charge on any atom is 0.338 e. The molecule has 0 saturated carbocycles. The number of rotatable bonds is 6. The highest BCUT2D eigenvalue weighted by Crippen LogP contribution is 2.16. The minimum absolute atomic E-state index is 0.180. The highest BCUT2D eigenvalue weighted by Gasteiger charge is 2.19. The Morgan fingerprint density at radius 1 is 0.966 bits per heavy atom. The summed E-state index contributed by atoms with van der Waals surface area (Å²) in [6.07, 6.45) is -1.10. The van der Waals surface area contributed by atoms with E-state index in [1.165, 1.54) is 48.6 Å². The van der Waals surface area contributed by atoms with Gasteiger partial charge in [0.2, 0.25) is 0 Å². The van der Waals surface area contributed by atoms with Crippen LogP contribution in [0.3, 0.4) is 0 Å². The van der Waals surface area contributed by atoms with Gasteiger partial charge in [0.15, 0.2) is 6.10 Å². The zero-order valence-corrected chi connectivity index (χ0v) is 16.2. The highest BCUT2D eigenvalue weighted by molar-refractivity contribution is 7.12. The maximum absolute atomic E-state index is 13.2. The lowest BCUT2D eigenvalue weighted by Crippen LogP contribution is -2.30. The maximum atomic E-state index is 13.2. The van der Waals surface area contributed by atoms with E-state index in [9.17, 15) is 18.8 Å². The van der Waals surface area contributed by atoms with Gasteiger partial charge in [0.1, 0.15) is 5.82 Å². The van der Waals surface area contributed by atoms with Crippen molar-refractivity contribution in [1.82, 2.24) is 0 Å². The van der Waals surface area contributed by atoms with Gasteiger partial charge in [-0.1, -0.05) is 18.2 Å². The number of ether oxygens (including phenoxy) is 1. The van der Waals surface area contributed by atoms with Crippen LogP contribution < -0.4 is 10.6 Å². The Morgan fingerprint density at radius 2 is 1.69 bits per heavy atom. The molecular weight excluding hydrogens is 395 g/mol. The van der Waals surface area contributed by atoms with Crippen molar-refractivity contribution in [2.45, 2.75) is 13.0 Å². The van der Waals surface area contributed by atoms with E-state index < -0.39 is 23.8 Å². The molecule has 0 unspecified atom stereocenters. The Labute approximate surface area is 170 Å². The summed E-state index contributed by atoms with van der Waals surface area (Å²) in [5, 5.41) is 6.97. The monoisotopic (exact) mass is 412 g/mol. The van der Waals surface area contributed by atoms with E-state index in [0.717, 1.165) is 6.07 Å². The highest BCUT2D eigenvalue weighted by atomic mass is 32.1. The van der Waals surface area contributed by atoms with Crippen molar-refractivity contribution in [3.63, 3.8) is 0 Å². The van der Waals surface area contributed by atoms with Crippen LogP contribution in [0.1, 0.15) is 27.0 Å². The van der Waals surface area contributed by atoms with E-state index >= 15 is 0 Å². The fraction of sp³-hybridized carbons (Fsp3) is 0.0952. The predicted molar refractivity (Wildman–Crippen MR) is 109 cm³/mol. The Morgan fingerprint density at radius 3 is 2.38 bits per heavy atom. The molecule has 3 aromatic rings. The van der Waals surface area contributed by atoms with Gasteiger partial charge in [-0.05, 0) is 54.8 Å². The Kier molecular flexibility index (Phi) is 6.36. The van der Waals surface area contributed by atoms with E-state index in [1.54, 1.807) is 29.6 Å². The lowest BCUT2D eigenvalue weighted by atomic mass is 10.2. The van der Waals surface area contributed by atoms with Crippen LogP contribution in [0.15, 0.2) is 66.0 Å². The molecule has 0 aliphatic carbocycles. The lowest BCUT2D eigenvalue weighted by Gasteiger charge is -2.14. The summed E-state index contributed by atoms with van der Waals surface area (Å²) in [7, 11) is 0. The first-order chi connectivity index (χ1) is 13.9. The molecule has 2 amide bonds. The lowest BCUT2D eigenvalue weighted by molar-refractivity contribution is -0.123. The normalized spacial score (nSPS) is 11.4. The standard InChI is InChI=1S/C21H17FN2O4S/c1-13(19(25)23-17-8-3-6-15(22)12-17)28-21(27)14-5-2-7-16(11-14)24-20(26)18-9-4-10-29-18/h2-13H,1H3,(H,23,25)(H,24,26)/t13-/m1/s1. The Bertz CT molecular complexity index is 1040. The summed E-state index contributed by atoms with van der Waals surface area (Å²) in [6, 6.07) is 15.1. The van der Waals surface area contributed by atoms with Crippen LogP contribution in [0.2, 0.25) is 0 Å². The molecule has 1 heterocycles. The van der Waals surface area contributed by atoms with Crippen LogP contribution in [0, 0.1) is 5.82 Å². The molecule has 1 atom stereocenters. The molecule has 2 N–H and O–H groups in total. The van der Waals surface area contributed by atoms with Crippen molar-refractivity contribution in [3.05, 3.63) is 82.3 Å². The molecule has 0 saturated heterocycles. The van der Waals surface area contributed by atoms with Crippen molar-refractivity contribution >= 4 is 40.5 Å². The summed E-state index contributed by atoms with van der Waals surface area (Å²) in [5.41, 5.74) is 0.866. The van der Waals surface area contributed by atoms with Gasteiger partial charge in [-0.3, -0.25) is 9.59 Å². The number of anilines is 2. The molecule has 8 heteroatoms. The molecular formula is C21H17FN2O4S. The molecule has 2 aromatic carbocycles. The number of amides is 2. The second-order valence-electron chi connectivity index (χ2n) is 6.06. The van der Waals surface area contributed by atoms with E-state index in [4.69, 9.17) is 4.74 Å². The van der Waals surface area contributed by atoms with Crippen LogP contribution in [0.4, 0.5) is 15.8 Å². The minimum atomic E-state index is -1.10. The number of thiophene rings is 1. The van der Waals surface area contributed by atoms with Crippen molar-refractivity contribution in [2.75, 3.05) is 10.6 Å². The summed E-state index contributed by atoms with van der Waals surface area (Å²) in [5.74, 6) is -2.09. The van der Waals surface area contributed by atoms with E-state index in [2.05, 4.69) is 10.6 Å². The number of benzene rings is 2. The SMILES string of the molecule is C[C@@H](OC(=O)c1cccc(NC(=O)c2cccs2)c1)C(=O)Nc1cccc(F)c1. The number of esters is 1. The van der Waals surface area contributed by atoms with Crippen LogP contribution in [0.5, 0.6) is 0 Å². The summed E-state index contributed by atoms with van der Waals surface area (Å²) < 4.78 is 18.4. The van der Waals surface area contributed by atoms with Crippen LogP contribution in [-0.2, 0) is 9.53 Å². The summed E-state index contributed by atoms with van der Waals surface area (Å²) in [6.45, 7) is 1.41. The van der Waals surface area contributed by atoms with Gasteiger partial charge < -0.3 is 15.4 Å². The average molecular weight is 412 g/mol. The van der Waals surface area contributed by atoms with Crippen molar-refractivity contribution in [3.8, 4) is 0 Å². The number of halogens is 1. The molecule has 0 aliphatic heterocycles. The quantitative estimate of drug-likeness (QED) is 0.591. The van der Waals surface area contributed by atoms with Gasteiger partial charge in [-0.2, -0.15) is 0 Å². The molecule has 0 fully saturated rings. The number of carbonyl (C=O) groups excluding carboxylic acids is 3. The zero-order chi connectivity index (χ0) is 20.8. The molecule has 29 heavy (non-hydrogen) atoms. The first kappa shape index (κ1) is 20.2. The van der Waals surface area contributed by atoms with E-state index in [-0.39, 0.29) is 17.2 Å². The summed E-state index contributed by atoms with van der Waals surface area (Å²) in [4.78, 5) is 37.2. The first-order valence-electron chi connectivity index (χ1n) is 8.65. The first-order valence-corrected chi connectivity index (χ1v) is 9.52. The van der Waals surface area contributed by atoms with Crippen LogP contribution >= 0.6 is 11.3 Å². The third-order valence-corrected chi connectivity index (χ3v) is 4.71. The average Bonchev–Trinajstić information content (AvgIpc) is 3.23. The summed E-state index contributed by atoms with van der Waals surface area (Å²) >= 11 is 1.30. The number of hydrogen-bond donors (Lipinski definition) is 2. The molecule has 148 valence electrons. The van der Waals surface area contributed by atoms with Gasteiger partial charge >= 0.3 is 5.97 Å². The molecule has 0 radical (unpaired) electrons. The van der Waals surface area contributed by atoms with Gasteiger partial charge in [-0.25, -0.2) is 9.18 Å². The van der Waals surface area contributed by atoms with E-state index in [0.29, 0.717) is 10.6 Å². The smallest absolute Gasteiger partial charge is 0.338 e. The van der Waals surface area contributed by atoms with Gasteiger partial charge in [0.25, 0.3) is 11.8 Å². The Balaban J connectivity index is 1.61. The van der Waals surface area contributed by atoms with E-state index in [1.807, 2.05) is 0 Å². The fourth-order valence-electron chi connectivity index (χ4n) is 2.42. The van der Waals surface area contributed by atoms with Gasteiger partial charge in [-0.15, -0.1) is 11.3 Å². The fourth-order valence-corrected chi connectivity index (χ4v) is 3.04. The Hall–Kier alpha value is -3.52. The predicted octanol–water partition coefficient (Wildman–Crippen LogP) is 4.32. The third-order valence-electron chi connectivity index (χ3n) is 3.85. The van der Waals surface area contributed by atoms with Crippen LogP contribution in [-0.4, -0.2) is 23.9 Å². The van der Waals surface area contributed by atoms with Crippen molar-refractivity contribution < 1.29 is 23.5 Å². The molecule has 0 aliphatic rings.